The van der Waals surface area contributed by atoms with Crippen molar-refractivity contribution < 1.29 is 9.53 Å². The van der Waals surface area contributed by atoms with Gasteiger partial charge in [0.25, 0.3) is 0 Å². The zero-order chi connectivity index (χ0) is 20.8. The second-order valence-corrected chi connectivity index (χ2v) is 7.93. The molecule has 0 fully saturated rings. The number of ether oxygens (including phenoxy) is 1. The molecule has 1 amide bonds. The quantitative estimate of drug-likeness (QED) is 0.398. The van der Waals surface area contributed by atoms with Gasteiger partial charge in [0.2, 0.25) is 5.91 Å². The number of hydrogen-bond acceptors (Lipinski definition) is 5. The van der Waals surface area contributed by atoms with E-state index in [1.54, 1.807) is 12.5 Å². The third kappa shape index (κ3) is 4.86. The standard InChI is InChI=1S/C23H24N4O2S/c1-2-29-19-9-10-20-21(16-19)30-23(25-20)27(13-6-12-26-14-11-24-17-26)22(28)15-18-7-4-3-5-8-18/h3-5,7-11,14,16-17H,2,6,12-13,15H2,1H3. The Morgan fingerprint density at radius 2 is 2.07 bits per heavy atom. The van der Waals surface area contributed by atoms with Crippen molar-refractivity contribution in [1.82, 2.24) is 14.5 Å². The molecule has 30 heavy (non-hydrogen) atoms. The summed E-state index contributed by atoms with van der Waals surface area (Å²) in [6, 6.07) is 15.7. The predicted octanol–water partition coefficient (Wildman–Crippen LogP) is 4.56. The number of imidazole rings is 1. The summed E-state index contributed by atoms with van der Waals surface area (Å²) in [5, 5.41) is 0.727. The van der Waals surface area contributed by atoms with Crippen LogP contribution in [0.4, 0.5) is 5.13 Å². The molecule has 0 unspecified atom stereocenters. The molecule has 4 rings (SSSR count). The van der Waals surface area contributed by atoms with Gasteiger partial charge >= 0.3 is 0 Å². The molecule has 2 heterocycles. The van der Waals surface area contributed by atoms with Gasteiger partial charge in [0.05, 0.1) is 29.6 Å². The van der Waals surface area contributed by atoms with Crippen LogP contribution in [-0.4, -0.2) is 33.6 Å². The molecule has 2 aromatic carbocycles. The van der Waals surface area contributed by atoms with Gasteiger partial charge in [0.1, 0.15) is 5.75 Å². The first-order valence-corrected chi connectivity index (χ1v) is 10.9. The molecule has 0 spiro atoms. The number of hydrogen-bond donors (Lipinski definition) is 0. The SMILES string of the molecule is CCOc1ccc2nc(N(CCCn3ccnc3)C(=O)Cc3ccccc3)sc2c1. The lowest BCUT2D eigenvalue weighted by Crippen LogP contribution is -2.33. The molecular formula is C23H24N4O2S. The van der Waals surface area contributed by atoms with Gasteiger partial charge in [-0.15, -0.1) is 0 Å². The lowest BCUT2D eigenvalue weighted by molar-refractivity contribution is -0.118. The number of aromatic nitrogens is 3. The summed E-state index contributed by atoms with van der Waals surface area (Å²) in [5.41, 5.74) is 1.88. The molecule has 0 saturated heterocycles. The lowest BCUT2D eigenvalue weighted by Gasteiger charge is -2.20. The number of fused-ring (bicyclic) bond motifs is 1. The van der Waals surface area contributed by atoms with Crippen molar-refractivity contribution in [2.24, 2.45) is 0 Å². The van der Waals surface area contributed by atoms with Gasteiger partial charge in [0, 0.05) is 25.5 Å². The second kappa shape index (κ2) is 9.54. The highest BCUT2D eigenvalue weighted by atomic mass is 32.1. The van der Waals surface area contributed by atoms with Crippen molar-refractivity contribution in [2.45, 2.75) is 26.3 Å². The van der Waals surface area contributed by atoms with Crippen LogP contribution in [0.1, 0.15) is 18.9 Å². The molecular weight excluding hydrogens is 396 g/mol. The number of anilines is 1. The molecule has 0 bridgehead atoms. The molecule has 0 radical (unpaired) electrons. The Balaban J connectivity index is 1.56. The molecule has 2 aromatic heterocycles. The van der Waals surface area contributed by atoms with Crippen molar-refractivity contribution in [2.75, 3.05) is 18.1 Å². The maximum absolute atomic E-state index is 13.2. The molecule has 0 saturated carbocycles. The van der Waals surface area contributed by atoms with Gasteiger partial charge in [0.15, 0.2) is 5.13 Å². The van der Waals surface area contributed by atoms with Crippen LogP contribution in [0.5, 0.6) is 5.75 Å². The Bertz CT molecular complexity index is 1090. The monoisotopic (exact) mass is 420 g/mol. The van der Waals surface area contributed by atoms with Crippen LogP contribution in [0.15, 0.2) is 67.3 Å². The van der Waals surface area contributed by atoms with Crippen LogP contribution in [0.25, 0.3) is 10.2 Å². The summed E-state index contributed by atoms with van der Waals surface area (Å²) in [6.07, 6.45) is 6.66. The van der Waals surface area contributed by atoms with E-state index >= 15 is 0 Å². The number of amides is 1. The summed E-state index contributed by atoms with van der Waals surface area (Å²) < 4.78 is 8.64. The fourth-order valence-electron chi connectivity index (χ4n) is 3.29. The van der Waals surface area contributed by atoms with Crippen molar-refractivity contribution >= 4 is 32.6 Å². The Labute approximate surface area is 179 Å². The van der Waals surface area contributed by atoms with Crippen molar-refractivity contribution in [1.29, 1.82) is 0 Å². The molecule has 0 atom stereocenters. The predicted molar refractivity (Wildman–Crippen MR) is 120 cm³/mol. The molecule has 154 valence electrons. The fourth-order valence-corrected chi connectivity index (χ4v) is 4.33. The van der Waals surface area contributed by atoms with Gasteiger partial charge < -0.3 is 9.30 Å². The van der Waals surface area contributed by atoms with Crippen LogP contribution in [0.2, 0.25) is 0 Å². The summed E-state index contributed by atoms with van der Waals surface area (Å²) in [6.45, 7) is 3.98. The van der Waals surface area contributed by atoms with Gasteiger partial charge in [-0.1, -0.05) is 41.7 Å². The Morgan fingerprint density at radius 1 is 1.20 bits per heavy atom. The van der Waals surface area contributed by atoms with E-state index in [2.05, 4.69) is 4.98 Å². The third-order valence-corrected chi connectivity index (χ3v) is 5.79. The number of rotatable bonds is 9. The van der Waals surface area contributed by atoms with E-state index in [1.807, 2.05) is 71.1 Å². The number of carbonyl (C=O) groups excluding carboxylic acids is 1. The smallest absolute Gasteiger partial charge is 0.233 e. The van der Waals surface area contributed by atoms with E-state index in [-0.39, 0.29) is 5.91 Å². The average Bonchev–Trinajstić information content (AvgIpc) is 3.41. The van der Waals surface area contributed by atoms with Gasteiger partial charge in [-0.05, 0) is 37.1 Å². The highest BCUT2D eigenvalue weighted by Crippen LogP contribution is 2.32. The van der Waals surface area contributed by atoms with E-state index < -0.39 is 0 Å². The third-order valence-electron chi connectivity index (χ3n) is 4.75. The summed E-state index contributed by atoms with van der Waals surface area (Å²) in [5.74, 6) is 0.874. The number of thiazole rings is 1. The van der Waals surface area contributed by atoms with E-state index in [0.717, 1.165) is 39.6 Å². The number of nitrogens with zero attached hydrogens (tertiary/aromatic N) is 4. The highest BCUT2D eigenvalue weighted by Gasteiger charge is 2.20. The van der Waals surface area contributed by atoms with Gasteiger partial charge in [-0.3, -0.25) is 9.69 Å². The Hall–Kier alpha value is -3.19. The minimum Gasteiger partial charge on any atom is -0.494 e. The lowest BCUT2D eigenvalue weighted by atomic mass is 10.1. The van der Waals surface area contributed by atoms with Gasteiger partial charge in [-0.25, -0.2) is 9.97 Å². The molecule has 6 nitrogen and oxygen atoms in total. The van der Waals surface area contributed by atoms with E-state index in [9.17, 15) is 4.79 Å². The van der Waals surface area contributed by atoms with Crippen LogP contribution in [0, 0.1) is 0 Å². The fraction of sp³-hybridized carbons (Fsp3) is 0.261. The first-order chi connectivity index (χ1) is 14.7. The highest BCUT2D eigenvalue weighted by molar-refractivity contribution is 7.22. The maximum Gasteiger partial charge on any atom is 0.233 e. The normalized spacial score (nSPS) is 11.0. The van der Waals surface area contributed by atoms with Crippen molar-refractivity contribution in [3.63, 3.8) is 0 Å². The zero-order valence-electron chi connectivity index (χ0n) is 16.9. The molecule has 0 aliphatic carbocycles. The van der Waals surface area contributed by atoms with E-state index in [0.29, 0.717) is 19.6 Å². The molecule has 4 aromatic rings. The first-order valence-electron chi connectivity index (χ1n) is 10.1. The maximum atomic E-state index is 13.2. The van der Waals surface area contributed by atoms with E-state index in [4.69, 9.17) is 9.72 Å². The van der Waals surface area contributed by atoms with Crippen LogP contribution in [0.3, 0.4) is 0 Å². The van der Waals surface area contributed by atoms with Crippen molar-refractivity contribution in [3.05, 3.63) is 72.8 Å². The molecule has 7 heteroatoms. The molecule has 0 N–H and O–H groups in total. The zero-order valence-corrected chi connectivity index (χ0v) is 17.7. The molecule has 0 aliphatic heterocycles. The van der Waals surface area contributed by atoms with Crippen LogP contribution < -0.4 is 9.64 Å². The number of aryl methyl sites for hydroxylation is 1. The summed E-state index contributed by atoms with van der Waals surface area (Å²) in [7, 11) is 0. The van der Waals surface area contributed by atoms with Crippen LogP contribution >= 0.6 is 11.3 Å². The van der Waals surface area contributed by atoms with Gasteiger partial charge in [-0.2, -0.15) is 0 Å². The minimum atomic E-state index is 0.0518. The summed E-state index contributed by atoms with van der Waals surface area (Å²) in [4.78, 5) is 23.8. The summed E-state index contributed by atoms with van der Waals surface area (Å²) >= 11 is 1.53. The first kappa shape index (κ1) is 20.1. The van der Waals surface area contributed by atoms with E-state index in [1.165, 1.54) is 11.3 Å². The average molecular weight is 421 g/mol. The second-order valence-electron chi connectivity index (χ2n) is 6.92. The largest absolute Gasteiger partial charge is 0.494 e. The number of benzene rings is 2. The molecule has 0 aliphatic rings. The minimum absolute atomic E-state index is 0.0518. The van der Waals surface area contributed by atoms with Crippen LogP contribution in [-0.2, 0) is 17.8 Å². The topological polar surface area (TPSA) is 60.2 Å². The van der Waals surface area contributed by atoms with Crippen molar-refractivity contribution in [3.8, 4) is 5.75 Å². The Kier molecular flexibility index (Phi) is 6.39. The Morgan fingerprint density at radius 3 is 2.83 bits per heavy atom. The number of carbonyl (C=O) groups is 1.